The predicted molar refractivity (Wildman–Crippen MR) is 57.8 cm³/mol. The van der Waals surface area contributed by atoms with Gasteiger partial charge in [0.05, 0.1) is 7.11 Å². The van der Waals surface area contributed by atoms with Gasteiger partial charge in [0.1, 0.15) is 5.75 Å². The molecule has 1 heterocycles. The Morgan fingerprint density at radius 3 is 3.00 bits per heavy atom. The van der Waals surface area contributed by atoms with Crippen molar-refractivity contribution in [1.29, 1.82) is 0 Å². The van der Waals surface area contributed by atoms with Crippen molar-refractivity contribution >= 4 is 5.69 Å². The van der Waals surface area contributed by atoms with Crippen LogP contribution in [0, 0.1) is 5.92 Å². The largest absolute Gasteiger partial charge is 0.497 e. The van der Waals surface area contributed by atoms with Crippen LogP contribution in [-0.4, -0.2) is 26.7 Å². The van der Waals surface area contributed by atoms with Crippen LogP contribution in [0.4, 0.5) is 5.69 Å². The molecule has 1 aliphatic rings. The van der Waals surface area contributed by atoms with Crippen molar-refractivity contribution in [2.75, 3.05) is 32.1 Å². The molecule has 14 heavy (non-hydrogen) atoms. The Hall–Kier alpha value is -1.22. The summed E-state index contributed by atoms with van der Waals surface area (Å²) in [4.78, 5) is 0. The highest BCUT2D eigenvalue weighted by molar-refractivity contribution is 5.48. The van der Waals surface area contributed by atoms with Crippen LogP contribution in [0.25, 0.3) is 0 Å². The Morgan fingerprint density at radius 2 is 2.36 bits per heavy atom. The summed E-state index contributed by atoms with van der Waals surface area (Å²) in [6.07, 6.45) is 0. The predicted octanol–water partition coefficient (Wildman–Crippen LogP) is 1.33. The molecule has 1 saturated heterocycles. The number of ether oxygens (including phenoxy) is 1. The average molecular weight is 192 g/mol. The van der Waals surface area contributed by atoms with Gasteiger partial charge in [-0.2, -0.15) is 0 Å². The van der Waals surface area contributed by atoms with Crippen LogP contribution in [0.1, 0.15) is 0 Å². The van der Waals surface area contributed by atoms with Crippen molar-refractivity contribution in [2.24, 2.45) is 5.92 Å². The molecular weight excluding hydrogens is 176 g/mol. The van der Waals surface area contributed by atoms with E-state index >= 15 is 0 Å². The first-order valence-electron chi connectivity index (χ1n) is 4.97. The van der Waals surface area contributed by atoms with Crippen LogP contribution >= 0.6 is 0 Å². The summed E-state index contributed by atoms with van der Waals surface area (Å²) in [5.41, 5.74) is 1.14. The van der Waals surface area contributed by atoms with Crippen molar-refractivity contribution in [3.63, 3.8) is 0 Å². The van der Waals surface area contributed by atoms with E-state index in [2.05, 4.69) is 16.7 Å². The van der Waals surface area contributed by atoms with Gasteiger partial charge in [-0.1, -0.05) is 6.07 Å². The SMILES string of the molecule is COc1cccc(NCC2CNC2)c1. The fourth-order valence-electron chi connectivity index (χ4n) is 1.49. The van der Waals surface area contributed by atoms with E-state index in [-0.39, 0.29) is 0 Å². The monoisotopic (exact) mass is 192 g/mol. The van der Waals surface area contributed by atoms with Crippen LogP contribution in [-0.2, 0) is 0 Å². The second kappa shape index (κ2) is 4.33. The summed E-state index contributed by atoms with van der Waals surface area (Å²) >= 11 is 0. The quantitative estimate of drug-likeness (QED) is 0.755. The number of benzene rings is 1. The molecule has 0 bridgehead atoms. The van der Waals surface area contributed by atoms with Gasteiger partial charge in [-0.05, 0) is 12.1 Å². The lowest BCUT2D eigenvalue weighted by molar-refractivity contribution is 0.365. The molecule has 0 aromatic heterocycles. The van der Waals surface area contributed by atoms with E-state index < -0.39 is 0 Å². The molecule has 0 saturated carbocycles. The molecule has 1 aromatic rings. The van der Waals surface area contributed by atoms with Gasteiger partial charge in [0, 0.05) is 37.3 Å². The molecule has 3 nitrogen and oxygen atoms in total. The van der Waals surface area contributed by atoms with Crippen molar-refractivity contribution in [2.45, 2.75) is 0 Å². The van der Waals surface area contributed by atoms with Crippen LogP contribution in [0.5, 0.6) is 5.75 Å². The van der Waals surface area contributed by atoms with Crippen LogP contribution in [0.3, 0.4) is 0 Å². The summed E-state index contributed by atoms with van der Waals surface area (Å²) in [5.74, 6) is 1.68. The van der Waals surface area contributed by atoms with Crippen LogP contribution in [0.2, 0.25) is 0 Å². The zero-order valence-corrected chi connectivity index (χ0v) is 8.42. The molecule has 1 fully saturated rings. The smallest absolute Gasteiger partial charge is 0.120 e. The van der Waals surface area contributed by atoms with E-state index in [1.807, 2.05) is 18.2 Å². The fraction of sp³-hybridized carbons (Fsp3) is 0.455. The first kappa shape index (κ1) is 9.34. The maximum Gasteiger partial charge on any atom is 0.120 e. The minimum Gasteiger partial charge on any atom is -0.497 e. The van der Waals surface area contributed by atoms with Gasteiger partial charge in [-0.25, -0.2) is 0 Å². The second-order valence-electron chi connectivity index (χ2n) is 3.64. The van der Waals surface area contributed by atoms with Gasteiger partial charge in [-0.15, -0.1) is 0 Å². The van der Waals surface area contributed by atoms with E-state index in [1.165, 1.54) is 0 Å². The Kier molecular flexibility index (Phi) is 2.89. The molecule has 2 rings (SSSR count). The maximum absolute atomic E-state index is 5.15. The average Bonchev–Trinajstić information content (AvgIpc) is 2.16. The number of hydrogen-bond acceptors (Lipinski definition) is 3. The molecule has 0 aliphatic carbocycles. The van der Waals surface area contributed by atoms with Gasteiger partial charge in [0.25, 0.3) is 0 Å². The Morgan fingerprint density at radius 1 is 1.50 bits per heavy atom. The number of nitrogens with one attached hydrogen (secondary N) is 2. The minimum absolute atomic E-state index is 0.779. The van der Waals surface area contributed by atoms with Crippen molar-refractivity contribution in [3.8, 4) is 5.75 Å². The zero-order chi connectivity index (χ0) is 9.80. The maximum atomic E-state index is 5.15. The summed E-state index contributed by atoms with van der Waals surface area (Å²) in [5, 5.41) is 6.66. The third-order valence-corrected chi connectivity index (χ3v) is 2.53. The fourth-order valence-corrected chi connectivity index (χ4v) is 1.49. The molecule has 0 spiro atoms. The van der Waals surface area contributed by atoms with E-state index in [0.717, 1.165) is 37.0 Å². The lowest BCUT2D eigenvalue weighted by Crippen LogP contribution is -2.45. The van der Waals surface area contributed by atoms with Gasteiger partial charge in [-0.3, -0.25) is 0 Å². The molecular formula is C11H16N2O. The minimum atomic E-state index is 0.779. The molecule has 2 N–H and O–H groups in total. The molecule has 0 radical (unpaired) electrons. The Bertz CT molecular complexity index is 297. The summed E-state index contributed by atoms with van der Waals surface area (Å²) in [6.45, 7) is 3.31. The number of rotatable bonds is 4. The molecule has 76 valence electrons. The molecule has 3 heteroatoms. The second-order valence-corrected chi connectivity index (χ2v) is 3.64. The normalized spacial score (nSPS) is 16.1. The summed E-state index contributed by atoms with van der Waals surface area (Å²) in [6, 6.07) is 8.04. The first-order chi connectivity index (χ1) is 6.88. The standard InChI is InChI=1S/C11H16N2O/c1-14-11-4-2-3-10(5-11)13-8-9-6-12-7-9/h2-5,9,12-13H,6-8H2,1H3. The molecule has 0 amide bonds. The topological polar surface area (TPSA) is 33.3 Å². The third-order valence-electron chi connectivity index (χ3n) is 2.53. The number of anilines is 1. The molecule has 1 aromatic carbocycles. The molecule has 0 unspecified atom stereocenters. The number of methoxy groups -OCH3 is 1. The van der Waals surface area contributed by atoms with Crippen LogP contribution in [0.15, 0.2) is 24.3 Å². The highest BCUT2D eigenvalue weighted by Gasteiger charge is 2.15. The molecule has 1 aliphatic heterocycles. The van der Waals surface area contributed by atoms with E-state index in [1.54, 1.807) is 7.11 Å². The van der Waals surface area contributed by atoms with Gasteiger partial charge in [0.2, 0.25) is 0 Å². The van der Waals surface area contributed by atoms with Crippen molar-refractivity contribution in [1.82, 2.24) is 5.32 Å². The third kappa shape index (κ3) is 2.17. The summed E-state index contributed by atoms with van der Waals surface area (Å²) in [7, 11) is 1.69. The van der Waals surface area contributed by atoms with E-state index in [0.29, 0.717) is 0 Å². The Labute approximate surface area is 84.5 Å². The van der Waals surface area contributed by atoms with E-state index in [9.17, 15) is 0 Å². The lowest BCUT2D eigenvalue weighted by Gasteiger charge is -2.27. The van der Waals surface area contributed by atoms with Crippen molar-refractivity contribution < 1.29 is 4.74 Å². The summed E-state index contributed by atoms with van der Waals surface area (Å²) < 4.78 is 5.15. The van der Waals surface area contributed by atoms with Crippen LogP contribution < -0.4 is 15.4 Å². The van der Waals surface area contributed by atoms with Gasteiger partial charge >= 0.3 is 0 Å². The van der Waals surface area contributed by atoms with E-state index in [4.69, 9.17) is 4.74 Å². The molecule has 0 atom stereocenters. The zero-order valence-electron chi connectivity index (χ0n) is 8.42. The Balaban J connectivity index is 1.87. The number of hydrogen-bond donors (Lipinski definition) is 2. The first-order valence-corrected chi connectivity index (χ1v) is 4.97. The highest BCUT2D eigenvalue weighted by atomic mass is 16.5. The highest BCUT2D eigenvalue weighted by Crippen LogP contribution is 2.17. The van der Waals surface area contributed by atoms with Gasteiger partial charge < -0.3 is 15.4 Å². The lowest BCUT2D eigenvalue weighted by atomic mass is 10.0. The van der Waals surface area contributed by atoms with Gasteiger partial charge in [0.15, 0.2) is 0 Å². The van der Waals surface area contributed by atoms with Crippen molar-refractivity contribution in [3.05, 3.63) is 24.3 Å².